The molecule has 2 N–H and O–H groups in total. The molecule has 0 aromatic heterocycles. The second-order valence-corrected chi connectivity index (χ2v) is 8.32. The van der Waals surface area contributed by atoms with E-state index in [0.717, 1.165) is 42.3 Å². The maximum absolute atomic E-state index is 13.5. The molecule has 1 saturated heterocycles. The Morgan fingerprint density at radius 1 is 1.07 bits per heavy atom. The Hall–Kier alpha value is -0.580. The van der Waals surface area contributed by atoms with Crippen molar-refractivity contribution in [1.29, 1.82) is 0 Å². The molecule has 0 radical (unpaired) electrons. The van der Waals surface area contributed by atoms with Gasteiger partial charge in [0.15, 0.2) is 5.96 Å². The van der Waals surface area contributed by atoms with Crippen molar-refractivity contribution in [3.63, 3.8) is 0 Å². The van der Waals surface area contributed by atoms with Crippen LogP contribution >= 0.6 is 35.7 Å². The SMILES string of the molecule is CCNC(=NCc1ccc(F)cc1CSC)NCCCCN1CCN(CC)CC1.I. The van der Waals surface area contributed by atoms with Crippen LogP contribution in [0.2, 0.25) is 0 Å². The molecule has 0 atom stereocenters. The number of halogens is 2. The molecule has 1 heterocycles. The normalized spacial score (nSPS) is 15.7. The van der Waals surface area contributed by atoms with Crippen LogP contribution in [0.5, 0.6) is 0 Å². The summed E-state index contributed by atoms with van der Waals surface area (Å²) in [5, 5.41) is 6.75. The lowest BCUT2D eigenvalue weighted by Gasteiger charge is -2.34. The molecule has 0 unspecified atom stereocenters. The predicted octanol–water partition coefficient (Wildman–Crippen LogP) is 3.78. The lowest BCUT2D eigenvalue weighted by atomic mass is 10.1. The van der Waals surface area contributed by atoms with Crippen LogP contribution in [-0.4, -0.2) is 74.4 Å². The van der Waals surface area contributed by atoms with Gasteiger partial charge in [-0.1, -0.05) is 13.0 Å². The maximum atomic E-state index is 13.5. The number of piperazine rings is 1. The van der Waals surface area contributed by atoms with E-state index in [1.54, 1.807) is 17.8 Å². The molecule has 172 valence electrons. The summed E-state index contributed by atoms with van der Waals surface area (Å²) in [6, 6.07) is 5.00. The van der Waals surface area contributed by atoms with Crippen LogP contribution in [-0.2, 0) is 12.3 Å². The second kappa shape index (κ2) is 16.1. The second-order valence-electron chi connectivity index (χ2n) is 7.45. The molecule has 0 spiro atoms. The van der Waals surface area contributed by atoms with E-state index in [2.05, 4.69) is 34.3 Å². The fourth-order valence-electron chi connectivity index (χ4n) is 3.54. The van der Waals surface area contributed by atoms with Crippen molar-refractivity contribution < 1.29 is 4.39 Å². The van der Waals surface area contributed by atoms with E-state index in [-0.39, 0.29) is 29.8 Å². The van der Waals surface area contributed by atoms with Gasteiger partial charge in [-0.15, -0.1) is 24.0 Å². The maximum Gasteiger partial charge on any atom is 0.191 e. The van der Waals surface area contributed by atoms with Crippen molar-refractivity contribution >= 4 is 41.7 Å². The van der Waals surface area contributed by atoms with Crippen LogP contribution < -0.4 is 10.6 Å². The Labute approximate surface area is 203 Å². The summed E-state index contributed by atoms with van der Waals surface area (Å²) in [6.07, 6.45) is 4.37. The van der Waals surface area contributed by atoms with Crippen LogP contribution in [0.15, 0.2) is 23.2 Å². The van der Waals surface area contributed by atoms with Gasteiger partial charge in [-0.3, -0.25) is 0 Å². The number of nitrogens with one attached hydrogen (secondary N) is 2. The zero-order valence-corrected chi connectivity index (χ0v) is 21.9. The van der Waals surface area contributed by atoms with E-state index in [0.29, 0.717) is 6.54 Å². The van der Waals surface area contributed by atoms with Crippen LogP contribution in [0, 0.1) is 5.82 Å². The smallest absolute Gasteiger partial charge is 0.191 e. The highest BCUT2D eigenvalue weighted by Gasteiger charge is 2.14. The largest absolute Gasteiger partial charge is 0.357 e. The number of unbranched alkanes of at least 4 members (excludes halogenated alkanes) is 1. The average molecular weight is 552 g/mol. The van der Waals surface area contributed by atoms with E-state index in [1.807, 2.05) is 12.3 Å². The zero-order chi connectivity index (χ0) is 20.9. The third kappa shape index (κ3) is 10.2. The molecule has 2 rings (SSSR count). The molecule has 8 heteroatoms. The Morgan fingerprint density at radius 2 is 1.80 bits per heavy atom. The van der Waals surface area contributed by atoms with E-state index < -0.39 is 0 Å². The first-order valence-corrected chi connectivity index (χ1v) is 12.3. The average Bonchev–Trinajstić information content (AvgIpc) is 2.73. The first kappa shape index (κ1) is 27.5. The van der Waals surface area contributed by atoms with E-state index >= 15 is 0 Å². The zero-order valence-electron chi connectivity index (χ0n) is 18.8. The number of nitrogens with zero attached hydrogens (tertiary/aromatic N) is 3. The summed E-state index contributed by atoms with van der Waals surface area (Å²) in [5.74, 6) is 1.46. The van der Waals surface area contributed by atoms with Crippen LogP contribution in [0.25, 0.3) is 0 Å². The number of aliphatic imine (C=N–C) groups is 1. The molecule has 1 aromatic carbocycles. The van der Waals surface area contributed by atoms with Crippen LogP contribution in [0.1, 0.15) is 37.8 Å². The van der Waals surface area contributed by atoms with Gasteiger partial charge in [-0.25, -0.2) is 9.38 Å². The standard InChI is InChI=1S/C22H38FN5S.HI/c1-4-24-22(26-17-19-8-9-21(23)16-20(19)18-29-3)25-10-6-7-11-28-14-12-27(5-2)13-15-28;/h8-9,16H,4-7,10-15,17-18H2,1-3H3,(H2,24,25,26);1H. The summed E-state index contributed by atoms with van der Waals surface area (Å²) >= 11 is 1.70. The number of rotatable bonds is 11. The molecule has 0 amide bonds. The van der Waals surface area contributed by atoms with E-state index in [9.17, 15) is 4.39 Å². The molecule has 1 fully saturated rings. The minimum atomic E-state index is -0.178. The number of hydrogen-bond donors (Lipinski definition) is 2. The molecule has 1 aromatic rings. The topological polar surface area (TPSA) is 42.9 Å². The number of thioether (sulfide) groups is 1. The first-order valence-electron chi connectivity index (χ1n) is 10.9. The van der Waals surface area contributed by atoms with Gasteiger partial charge in [-0.05, 0) is 62.4 Å². The van der Waals surface area contributed by atoms with Gasteiger partial charge in [-0.2, -0.15) is 11.8 Å². The predicted molar refractivity (Wildman–Crippen MR) is 140 cm³/mol. The Bertz CT molecular complexity index is 624. The molecule has 0 aliphatic carbocycles. The van der Waals surface area contributed by atoms with Crippen LogP contribution in [0.3, 0.4) is 0 Å². The summed E-state index contributed by atoms with van der Waals surface area (Å²) < 4.78 is 13.5. The minimum Gasteiger partial charge on any atom is -0.357 e. The van der Waals surface area contributed by atoms with E-state index in [4.69, 9.17) is 4.99 Å². The molecular formula is C22H39FIN5S. The van der Waals surface area contributed by atoms with Gasteiger partial charge in [0.25, 0.3) is 0 Å². The lowest BCUT2D eigenvalue weighted by Crippen LogP contribution is -2.46. The quantitative estimate of drug-likeness (QED) is 0.190. The van der Waals surface area contributed by atoms with Crippen LogP contribution in [0.4, 0.5) is 4.39 Å². The third-order valence-corrected chi connectivity index (χ3v) is 5.93. The summed E-state index contributed by atoms with van der Waals surface area (Å²) in [5.41, 5.74) is 2.12. The van der Waals surface area contributed by atoms with Crippen molar-refractivity contribution in [3.05, 3.63) is 35.1 Å². The van der Waals surface area contributed by atoms with Crippen molar-refractivity contribution in [2.75, 3.05) is 58.6 Å². The molecular weight excluding hydrogens is 512 g/mol. The molecule has 1 aliphatic rings. The van der Waals surface area contributed by atoms with Crippen molar-refractivity contribution in [3.8, 4) is 0 Å². The minimum absolute atomic E-state index is 0. The molecule has 0 bridgehead atoms. The third-order valence-electron chi connectivity index (χ3n) is 5.33. The molecule has 1 aliphatic heterocycles. The van der Waals surface area contributed by atoms with Gasteiger partial charge in [0, 0.05) is 45.0 Å². The summed E-state index contributed by atoms with van der Waals surface area (Å²) in [4.78, 5) is 9.80. The Balaban J connectivity index is 0.00000450. The Kier molecular flexibility index (Phi) is 14.7. The number of hydrogen-bond acceptors (Lipinski definition) is 4. The first-order chi connectivity index (χ1) is 14.2. The summed E-state index contributed by atoms with van der Waals surface area (Å²) in [7, 11) is 0. The molecule has 30 heavy (non-hydrogen) atoms. The van der Waals surface area contributed by atoms with Gasteiger partial charge < -0.3 is 20.4 Å². The van der Waals surface area contributed by atoms with Crippen molar-refractivity contribution in [1.82, 2.24) is 20.4 Å². The molecule has 5 nitrogen and oxygen atoms in total. The van der Waals surface area contributed by atoms with Crippen molar-refractivity contribution in [2.24, 2.45) is 4.99 Å². The lowest BCUT2D eigenvalue weighted by molar-refractivity contribution is 0.136. The van der Waals surface area contributed by atoms with Gasteiger partial charge in [0.05, 0.1) is 6.54 Å². The Morgan fingerprint density at radius 3 is 2.47 bits per heavy atom. The monoisotopic (exact) mass is 551 g/mol. The molecule has 0 saturated carbocycles. The fourth-order valence-corrected chi connectivity index (χ4v) is 4.12. The van der Waals surface area contributed by atoms with E-state index in [1.165, 1.54) is 51.8 Å². The van der Waals surface area contributed by atoms with Crippen molar-refractivity contribution in [2.45, 2.75) is 39.0 Å². The highest BCUT2D eigenvalue weighted by Crippen LogP contribution is 2.17. The fraction of sp³-hybridized carbons (Fsp3) is 0.682. The summed E-state index contributed by atoms with van der Waals surface area (Å²) in [6.45, 7) is 13.8. The number of benzene rings is 1. The number of guanidine groups is 1. The van der Waals surface area contributed by atoms with Gasteiger partial charge in [0.2, 0.25) is 0 Å². The number of likely N-dealkylation sites (N-methyl/N-ethyl adjacent to an activating group) is 1. The highest BCUT2D eigenvalue weighted by molar-refractivity contribution is 14.0. The van der Waals surface area contributed by atoms with Gasteiger partial charge in [0.1, 0.15) is 5.82 Å². The highest BCUT2D eigenvalue weighted by atomic mass is 127. The van der Waals surface area contributed by atoms with Gasteiger partial charge >= 0.3 is 0 Å².